The van der Waals surface area contributed by atoms with Crippen LogP contribution in [0, 0.1) is 0 Å². The number of hydrogen-bond acceptors (Lipinski definition) is 3. The summed E-state index contributed by atoms with van der Waals surface area (Å²) in [7, 11) is 0. The van der Waals surface area contributed by atoms with Crippen LogP contribution in [-0.4, -0.2) is 11.7 Å². The molecule has 1 aromatic heterocycles. The van der Waals surface area contributed by atoms with Gasteiger partial charge in [0.05, 0.1) is 10.0 Å². The molecule has 0 atom stereocenters. The molecule has 0 fully saturated rings. The normalized spacial score (nSPS) is 10.9. The number of allylic oxidation sites excluding steroid dienone is 1. The van der Waals surface area contributed by atoms with Crippen molar-refractivity contribution < 1.29 is 14.0 Å². The molecule has 0 aliphatic heterocycles. The van der Waals surface area contributed by atoms with Gasteiger partial charge in [0.1, 0.15) is 11.5 Å². The number of rotatable bonds is 6. The fourth-order valence-corrected chi connectivity index (χ4v) is 3.34. The summed E-state index contributed by atoms with van der Waals surface area (Å²) in [4.78, 5) is 24.9. The predicted molar refractivity (Wildman–Crippen MR) is 128 cm³/mol. The van der Waals surface area contributed by atoms with E-state index >= 15 is 0 Å². The molecule has 3 aromatic carbocycles. The van der Waals surface area contributed by atoms with Gasteiger partial charge < -0.3 is 9.73 Å². The van der Waals surface area contributed by atoms with Gasteiger partial charge in [-0.3, -0.25) is 9.59 Å². The average molecular weight is 462 g/mol. The van der Waals surface area contributed by atoms with Gasteiger partial charge >= 0.3 is 0 Å². The van der Waals surface area contributed by atoms with Crippen molar-refractivity contribution in [2.75, 3.05) is 5.32 Å². The first-order valence-electron chi connectivity index (χ1n) is 9.74. The lowest BCUT2D eigenvalue weighted by atomic mass is 10.1. The molecule has 1 heterocycles. The zero-order valence-electron chi connectivity index (χ0n) is 16.7. The summed E-state index contributed by atoms with van der Waals surface area (Å²) in [6.45, 7) is 0. The third-order valence-corrected chi connectivity index (χ3v) is 5.41. The highest BCUT2D eigenvalue weighted by Crippen LogP contribution is 2.29. The van der Waals surface area contributed by atoms with Gasteiger partial charge in [0, 0.05) is 22.4 Å². The molecule has 4 nitrogen and oxygen atoms in total. The first-order valence-corrected chi connectivity index (χ1v) is 10.5. The largest absolute Gasteiger partial charge is 0.457 e. The van der Waals surface area contributed by atoms with Crippen LogP contribution in [0.5, 0.6) is 0 Å². The Morgan fingerprint density at radius 1 is 0.781 bits per heavy atom. The van der Waals surface area contributed by atoms with E-state index in [0.29, 0.717) is 38.4 Å². The standard InChI is InChI=1S/C26H17Cl2NO3/c27-22-12-9-19(16-23(22)28)25-14-11-21(32-25)10-13-24(30)18-7-4-8-20(15-18)29-26(31)17-5-2-1-3-6-17/h1-16H,(H,29,31)/b13-10+. The highest BCUT2D eigenvalue weighted by Gasteiger charge is 2.09. The molecule has 0 bridgehead atoms. The van der Waals surface area contributed by atoms with E-state index in [2.05, 4.69) is 5.32 Å². The maximum atomic E-state index is 12.6. The lowest BCUT2D eigenvalue weighted by Crippen LogP contribution is -2.12. The molecule has 6 heteroatoms. The van der Waals surface area contributed by atoms with Gasteiger partial charge in [-0.1, -0.05) is 53.5 Å². The SMILES string of the molecule is O=C(/C=C/c1ccc(-c2ccc(Cl)c(Cl)c2)o1)c1cccc(NC(=O)c2ccccc2)c1. The molecule has 0 aliphatic rings. The Bertz CT molecular complexity index is 1310. The maximum Gasteiger partial charge on any atom is 0.255 e. The lowest BCUT2D eigenvalue weighted by molar-refractivity contribution is 0.102. The lowest BCUT2D eigenvalue weighted by Gasteiger charge is -2.06. The van der Waals surface area contributed by atoms with Crippen molar-refractivity contribution in [3.63, 3.8) is 0 Å². The molecule has 0 aliphatic carbocycles. The van der Waals surface area contributed by atoms with Crippen molar-refractivity contribution in [2.24, 2.45) is 0 Å². The molecule has 4 rings (SSSR count). The van der Waals surface area contributed by atoms with Crippen LogP contribution in [0.15, 0.2) is 95.4 Å². The van der Waals surface area contributed by atoms with E-state index in [1.54, 1.807) is 84.9 Å². The Balaban J connectivity index is 1.45. The number of halogens is 2. The highest BCUT2D eigenvalue weighted by molar-refractivity contribution is 6.42. The Morgan fingerprint density at radius 2 is 1.56 bits per heavy atom. The first-order chi connectivity index (χ1) is 15.5. The van der Waals surface area contributed by atoms with Gasteiger partial charge in [0.25, 0.3) is 5.91 Å². The zero-order valence-corrected chi connectivity index (χ0v) is 18.2. The van der Waals surface area contributed by atoms with Crippen LogP contribution in [0.4, 0.5) is 5.69 Å². The molecule has 4 aromatic rings. The molecule has 0 saturated heterocycles. The van der Waals surface area contributed by atoms with E-state index in [1.165, 1.54) is 6.08 Å². The summed E-state index contributed by atoms with van der Waals surface area (Å²) in [5, 5.41) is 3.71. The summed E-state index contributed by atoms with van der Waals surface area (Å²) < 4.78 is 5.78. The Hall–Kier alpha value is -3.60. The molecular formula is C26H17Cl2NO3. The van der Waals surface area contributed by atoms with Gasteiger partial charge in [-0.2, -0.15) is 0 Å². The number of nitrogens with one attached hydrogen (secondary N) is 1. The summed E-state index contributed by atoms with van der Waals surface area (Å²) in [6, 6.07) is 24.4. The molecule has 0 saturated carbocycles. The third kappa shape index (κ3) is 5.17. The number of benzene rings is 3. The van der Waals surface area contributed by atoms with E-state index in [4.69, 9.17) is 27.6 Å². The number of furan rings is 1. The van der Waals surface area contributed by atoms with E-state index in [1.807, 2.05) is 6.07 Å². The minimum atomic E-state index is -0.240. The quantitative estimate of drug-likeness (QED) is 0.240. The summed E-state index contributed by atoms with van der Waals surface area (Å²) in [6.07, 6.45) is 3.02. The minimum absolute atomic E-state index is 0.215. The second-order valence-electron chi connectivity index (χ2n) is 6.93. The number of ketones is 1. The van der Waals surface area contributed by atoms with E-state index in [9.17, 15) is 9.59 Å². The van der Waals surface area contributed by atoms with Gasteiger partial charge in [-0.15, -0.1) is 0 Å². The van der Waals surface area contributed by atoms with Crippen LogP contribution < -0.4 is 5.32 Å². The highest BCUT2D eigenvalue weighted by atomic mass is 35.5. The molecule has 158 valence electrons. The minimum Gasteiger partial charge on any atom is -0.457 e. The van der Waals surface area contributed by atoms with Crippen molar-refractivity contribution in [2.45, 2.75) is 0 Å². The van der Waals surface area contributed by atoms with E-state index < -0.39 is 0 Å². The average Bonchev–Trinajstić information content (AvgIpc) is 3.29. The smallest absolute Gasteiger partial charge is 0.255 e. The van der Waals surface area contributed by atoms with Crippen LogP contribution in [0.1, 0.15) is 26.5 Å². The van der Waals surface area contributed by atoms with Gasteiger partial charge in [0.15, 0.2) is 5.78 Å². The Morgan fingerprint density at radius 3 is 2.34 bits per heavy atom. The van der Waals surface area contributed by atoms with Crippen molar-refractivity contribution in [1.82, 2.24) is 0 Å². The molecule has 0 unspecified atom stereocenters. The van der Waals surface area contributed by atoms with E-state index in [-0.39, 0.29) is 11.7 Å². The van der Waals surface area contributed by atoms with Crippen LogP contribution in [0.2, 0.25) is 10.0 Å². The topological polar surface area (TPSA) is 59.3 Å². The van der Waals surface area contributed by atoms with Crippen molar-refractivity contribution in [1.29, 1.82) is 0 Å². The fourth-order valence-electron chi connectivity index (χ4n) is 3.04. The molecule has 1 N–H and O–H groups in total. The Kier molecular flexibility index (Phi) is 6.55. The monoisotopic (exact) mass is 461 g/mol. The Labute approximate surface area is 195 Å². The molecule has 32 heavy (non-hydrogen) atoms. The maximum absolute atomic E-state index is 12.6. The van der Waals surface area contributed by atoms with Crippen LogP contribution in [0.3, 0.4) is 0 Å². The number of anilines is 1. The first kappa shape index (κ1) is 21.6. The number of hydrogen-bond donors (Lipinski definition) is 1. The second kappa shape index (κ2) is 9.69. The van der Waals surface area contributed by atoms with Gasteiger partial charge in [-0.25, -0.2) is 0 Å². The predicted octanol–water partition coefficient (Wildman–Crippen LogP) is 7.40. The number of amides is 1. The van der Waals surface area contributed by atoms with Crippen molar-refractivity contribution in [3.05, 3.63) is 118 Å². The van der Waals surface area contributed by atoms with Crippen LogP contribution in [0.25, 0.3) is 17.4 Å². The molecular weight excluding hydrogens is 445 g/mol. The number of carbonyl (C=O) groups is 2. The van der Waals surface area contributed by atoms with Gasteiger partial charge in [0.2, 0.25) is 0 Å². The van der Waals surface area contributed by atoms with Crippen molar-refractivity contribution in [3.8, 4) is 11.3 Å². The molecule has 0 radical (unpaired) electrons. The third-order valence-electron chi connectivity index (χ3n) is 4.67. The zero-order chi connectivity index (χ0) is 22.5. The van der Waals surface area contributed by atoms with Crippen molar-refractivity contribution >= 4 is 46.7 Å². The van der Waals surface area contributed by atoms with E-state index in [0.717, 1.165) is 5.56 Å². The fraction of sp³-hybridized carbons (Fsp3) is 0. The molecule has 1 amide bonds. The second-order valence-corrected chi connectivity index (χ2v) is 7.74. The van der Waals surface area contributed by atoms with Crippen LogP contribution in [-0.2, 0) is 0 Å². The van der Waals surface area contributed by atoms with Gasteiger partial charge in [-0.05, 0) is 66.7 Å². The van der Waals surface area contributed by atoms with Crippen LogP contribution >= 0.6 is 23.2 Å². The summed E-state index contributed by atoms with van der Waals surface area (Å²) in [5.74, 6) is 0.679. The summed E-state index contributed by atoms with van der Waals surface area (Å²) in [5.41, 5.74) is 2.31. The summed E-state index contributed by atoms with van der Waals surface area (Å²) >= 11 is 12.0. The number of carbonyl (C=O) groups excluding carboxylic acids is 2. The molecule has 0 spiro atoms.